The Bertz CT molecular complexity index is 270. The summed E-state index contributed by atoms with van der Waals surface area (Å²) in [7, 11) is 0. The van der Waals surface area contributed by atoms with Crippen LogP contribution in [0.25, 0.3) is 0 Å². The molecule has 0 aromatic heterocycles. The van der Waals surface area contributed by atoms with E-state index in [-0.39, 0.29) is 19.4 Å². The topological polar surface area (TPSA) is 52.9 Å². The Kier molecular flexibility index (Phi) is 22.0. The lowest BCUT2D eigenvalue weighted by molar-refractivity contribution is -0.0718. The van der Waals surface area contributed by atoms with Crippen molar-refractivity contribution in [3.05, 3.63) is 0 Å². The van der Waals surface area contributed by atoms with Crippen LogP contribution in [0.3, 0.4) is 0 Å². The summed E-state index contributed by atoms with van der Waals surface area (Å²) < 4.78 is 5.97. The molecule has 0 bridgehead atoms. The number of hydrogen-bond donors (Lipinski definition) is 2. The summed E-state index contributed by atoms with van der Waals surface area (Å²) in [6, 6.07) is 0. The molecular formula is C23H49NO3. The number of rotatable bonds is 22. The molecule has 4 heteroatoms. The molecule has 0 aliphatic rings. The molecule has 0 aliphatic heterocycles. The predicted octanol–water partition coefficient (Wildman–Crippen LogP) is 5.51. The Morgan fingerprint density at radius 3 is 1.41 bits per heavy atom. The van der Waals surface area contributed by atoms with Crippen LogP contribution < -0.4 is 0 Å². The highest BCUT2D eigenvalue weighted by molar-refractivity contribution is 4.62. The minimum absolute atomic E-state index is 0.0197. The van der Waals surface area contributed by atoms with Gasteiger partial charge in [0, 0.05) is 19.7 Å². The highest BCUT2D eigenvalue weighted by Gasteiger charge is 2.15. The first-order valence-corrected chi connectivity index (χ1v) is 11.9. The van der Waals surface area contributed by atoms with Crippen LogP contribution in [-0.4, -0.2) is 54.3 Å². The molecule has 164 valence electrons. The van der Waals surface area contributed by atoms with Crippen molar-refractivity contribution in [3.8, 4) is 0 Å². The van der Waals surface area contributed by atoms with Gasteiger partial charge in [-0.25, -0.2) is 0 Å². The molecule has 27 heavy (non-hydrogen) atoms. The molecule has 0 rings (SSSR count). The molecule has 0 saturated carbocycles. The summed E-state index contributed by atoms with van der Waals surface area (Å²) in [6.07, 6.45) is 20.1. The largest absolute Gasteiger partial charge is 0.395 e. The second kappa shape index (κ2) is 22.1. The van der Waals surface area contributed by atoms with Gasteiger partial charge in [0.05, 0.1) is 13.2 Å². The maximum atomic E-state index is 9.13. The van der Waals surface area contributed by atoms with Gasteiger partial charge in [0.25, 0.3) is 0 Å². The van der Waals surface area contributed by atoms with E-state index < -0.39 is 0 Å². The molecule has 0 spiro atoms. The van der Waals surface area contributed by atoms with Crippen molar-refractivity contribution in [1.29, 1.82) is 0 Å². The summed E-state index contributed by atoms with van der Waals surface area (Å²) in [4.78, 5) is 2.03. The standard InChI is InChI=1S/C23H49NO3/c1-3-5-6-7-8-9-10-11-12-13-14-15-16-17-22-27-23(4-2)24(18-20-25)19-21-26/h23,25-26H,3-22H2,1-2H3. The number of aliphatic hydroxyl groups excluding tert-OH is 2. The zero-order valence-corrected chi connectivity index (χ0v) is 18.5. The highest BCUT2D eigenvalue weighted by atomic mass is 16.5. The van der Waals surface area contributed by atoms with E-state index in [1.165, 1.54) is 83.5 Å². The number of unbranched alkanes of at least 4 members (excludes halogenated alkanes) is 13. The van der Waals surface area contributed by atoms with Crippen molar-refractivity contribution < 1.29 is 14.9 Å². The fraction of sp³-hybridized carbons (Fsp3) is 1.00. The lowest BCUT2D eigenvalue weighted by Crippen LogP contribution is -2.40. The zero-order chi connectivity index (χ0) is 20.0. The third kappa shape index (κ3) is 17.7. The molecule has 0 radical (unpaired) electrons. The van der Waals surface area contributed by atoms with Gasteiger partial charge in [-0.15, -0.1) is 0 Å². The van der Waals surface area contributed by atoms with Crippen LogP contribution in [0.2, 0.25) is 0 Å². The van der Waals surface area contributed by atoms with Crippen LogP contribution in [0.4, 0.5) is 0 Å². The molecule has 0 heterocycles. The molecule has 2 N–H and O–H groups in total. The van der Waals surface area contributed by atoms with Crippen molar-refractivity contribution in [3.63, 3.8) is 0 Å². The molecule has 1 atom stereocenters. The van der Waals surface area contributed by atoms with Crippen molar-refractivity contribution in [1.82, 2.24) is 4.90 Å². The fourth-order valence-electron chi connectivity index (χ4n) is 3.65. The first kappa shape index (κ1) is 26.8. The summed E-state index contributed by atoms with van der Waals surface area (Å²) in [5.74, 6) is 0. The minimum atomic E-state index is 0.0197. The number of aliphatic hydroxyl groups is 2. The van der Waals surface area contributed by atoms with Crippen molar-refractivity contribution in [2.75, 3.05) is 32.9 Å². The lowest BCUT2D eigenvalue weighted by Gasteiger charge is -2.29. The van der Waals surface area contributed by atoms with E-state index in [0.29, 0.717) is 13.1 Å². The van der Waals surface area contributed by atoms with Gasteiger partial charge >= 0.3 is 0 Å². The number of ether oxygens (including phenoxy) is 1. The Labute approximate surface area is 169 Å². The maximum Gasteiger partial charge on any atom is 0.110 e. The molecular weight excluding hydrogens is 338 g/mol. The lowest BCUT2D eigenvalue weighted by atomic mass is 10.0. The van der Waals surface area contributed by atoms with E-state index in [4.69, 9.17) is 14.9 Å². The summed E-state index contributed by atoms with van der Waals surface area (Å²) >= 11 is 0. The van der Waals surface area contributed by atoms with Gasteiger partial charge < -0.3 is 14.9 Å². The Hall–Kier alpha value is -0.160. The Morgan fingerprint density at radius 2 is 1.04 bits per heavy atom. The molecule has 0 saturated heterocycles. The molecule has 0 aromatic rings. The quantitative estimate of drug-likeness (QED) is 0.190. The summed E-state index contributed by atoms with van der Waals surface area (Å²) in [6.45, 7) is 6.51. The molecule has 4 nitrogen and oxygen atoms in total. The van der Waals surface area contributed by atoms with E-state index in [2.05, 4.69) is 13.8 Å². The van der Waals surface area contributed by atoms with Crippen LogP contribution in [0.1, 0.15) is 110 Å². The smallest absolute Gasteiger partial charge is 0.110 e. The first-order valence-electron chi connectivity index (χ1n) is 11.9. The van der Waals surface area contributed by atoms with Crippen LogP contribution in [0.5, 0.6) is 0 Å². The van der Waals surface area contributed by atoms with Crippen LogP contribution in [0.15, 0.2) is 0 Å². The van der Waals surface area contributed by atoms with E-state index in [1.54, 1.807) is 0 Å². The zero-order valence-electron chi connectivity index (χ0n) is 18.5. The summed E-state index contributed by atoms with van der Waals surface area (Å²) in [5.41, 5.74) is 0. The average Bonchev–Trinajstić information content (AvgIpc) is 2.68. The molecule has 0 amide bonds. The van der Waals surface area contributed by atoms with Crippen LogP contribution >= 0.6 is 0 Å². The predicted molar refractivity (Wildman–Crippen MR) is 116 cm³/mol. The minimum Gasteiger partial charge on any atom is -0.395 e. The van der Waals surface area contributed by atoms with Gasteiger partial charge in [0.15, 0.2) is 0 Å². The van der Waals surface area contributed by atoms with Crippen molar-refractivity contribution in [2.45, 2.75) is 116 Å². The highest BCUT2D eigenvalue weighted by Crippen LogP contribution is 2.13. The van der Waals surface area contributed by atoms with Crippen LogP contribution in [0, 0.1) is 0 Å². The van der Waals surface area contributed by atoms with Gasteiger partial charge in [-0.1, -0.05) is 97.3 Å². The van der Waals surface area contributed by atoms with Crippen molar-refractivity contribution in [2.24, 2.45) is 0 Å². The summed E-state index contributed by atoms with van der Waals surface area (Å²) in [5, 5.41) is 18.3. The van der Waals surface area contributed by atoms with Gasteiger partial charge in [0.2, 0.25) is 0 Å². The molecule has 0 fully saturated rings. The second-order valence-corrected chi connectivity index (χ2v) is 7.81. The Balaban J connectivity index is 3.40. The number of hydrogen-bond acceptors (Lipinski definition) is 4. The first-order chi connectivity index (χ1) is 13.3. The fourth-order valence-corrected chi connectivity index (χ4v) is 3.65. The van der Waals surface area contributed by atoms with Gasteiger partial charge in [-0.05, 0) is 12.8 Å². The maximum absolute atomic E-state index is 9.13. The Morgan fingerprint density at radius 1 is 0.630 bits per heavy atom. The van der Waals surface area contributed by atoms with Gasteiger partial charge in [-0.3, -0.25) is 4.90 Å². The van der Waals surface area contributed by atoms with Crippen LogP contribution in [-0.2, 0) is 4.74 Å². The van der Waals surface area contributed by atoms with Crippen molar-refractivity contribution >= 4 is 0 Å². The average molecular weight is 388 g/mol. The third-order valence-electron chi connectivity index (χ3n) is 5.34. The monoisotopic (exact) mass is 387 g/mol. The normalized spacial score (nSPS) is 12.8. The van der Waals surface area contributed by atoms with E-state index >= 15 is 0 Å². The molecule has 0 aliphatic carbocycles. The van der Waals surface area contributed by atoms with E-state index in [1.807, 2.05) is 4.90 Å². The number of nitrogens with zero attached hydrogens (tertiary/aromatic N) is 1. The van der Waals surface area contributed by atoms with Gasteiger partial charge in [0.1, 0.15) is 6.23 Å². The van der Waals surface area contributed by atoms with Gasteiger partial charge in [-0.2, -0.15) is 0 Å². The molecule has 1 unspecified atom stereocenters. The van der Waals surface area contributed by atoms with E-state index in [0.717, 1.165) is 19.4 Å². The SMILES string of the molecule is CCCCCCCCCCCCCCCCOC(CC)N(CCO)CCO. The van der Waals surface area contributed by atoms with E-state index in [9.17, 15) is 0 Å². The molecule has 0 aromatic carbocycles. The second-order valence-electron chi connectivity index (χ2n) is 7.81. The third-order valence-corrected chi connectivity index (χ3v) is 5.34.